The van der Waals surface area contributed by atoms with Crippen molar-refractivity contribution in [2.45, 2.75) is 24.0 Å². The molecule has 0 aliphatic carbocycles. The summed E-state index contributed by atoms with van der Waals surface area (Å²) in [6.45, 7) is 3.67. The van der Waals surface area contributed by atoms with Gasteiger partial charge in [-0.2, -0.15) is 4.31 Å². The third kappa shape index (κ3) is 4.39. The van der Waals surface area contributed by atoms with Crippen LogP contribution in [0.4, 0.5) is 0 Å². The molecule has 2 heterocycles. The van der Waals surface area contributed by atoms with Crippen LogP contribution in [0.15, 0.2) is 29.2 Å². The predicted molar refractivity (Wildman–Crippen MR) is 92.5 cm³/mol. The summed E-state index contributed by atoms with van der Waals surface area (Å²) >= 11 is 0. The highest BCUT2D eigenvalue weighted by atomic mass is 32.2. The second-order valence-corrected chi connectivity index (χ2v) is 8.63. The molecule has 7 nitrogen and oxygen atoms in total. The highest BCUT2D eigenvalue weighted by Gasteiger charge is 2.28. The highest BCUT2D eigenvalue weighted by molar-refractivity contribution is 7.89. The number of β-amino-alcohol motifs (C(OH)–C–C–N with tert-alkyl or cyclic N) is 1. The van der Waals surface area contributed by atoms with Crippen LogP contribution in [0.2, 0.25) is 0 Å². The first-order valence-corrected chi connectivity index (χ1v) is 10.1. The molecule has 2 atom stereocenters. The van der Waals surface area contributed by atoms with Gasteiger partial charge in [0.2, 0.25) is 10.0 Å². The molecule has 0 aromatic heterocycles. The molecule has 2 N–H and O–H groups in total. The second kappa shape index (κ2) is 8.11. The zero-order chi connectivity index (χ0) is 17.9. The van der Waals surface area contributed by atoms with Crippen LogP contribution in [0.3, 0.4) is 0 Å². The minimum atomic E-state index is -3.46. The third-order valence-corrected chi connectivity index (χ3v) is 6.89. The molecule has 25 heavy (non-hydrogen) atoms. The Morgan fingerprint density at radius 1 is 1.12 bits per heavy atom. The number of hydrogen-bond donors (Lipinski definition) is 2. The lowest BCUT2D eigenvalue weighted by Crippen LogP contribution is -2.44. The van der Waals surface area contributed by atoms with E-state index in [1.165, 1.54) is 4.31 Å². The molecule has 0 radical (unpaired) electrons. The predicted octanol–water partition coefficient (Wildman–Crippen LogP) is -0.117. The average molecular weight is 370 g/mol. The Bertz CT molecular complexity index is 658. The Hall–Kier alpha value is -1.03. The summed E-state index contributed by atoms with van der Waals surface area (Å²) in [4.78, 5) is 2.43. The zero-order valence-electron chi connectivity index (χ0n) is 14.2. The van der Waals surface area contributed by atoms with Crippen molar-refractivity contribution in [3.8, 4) is 0 Å². The second-order valence-electron chi connectivity index (χ2n) is 6.69. The minimum absolute atomic E-state index is 0.0170. The van der Waals surface area contributed by atoms with Crippen LogP contribution in [0.5, 0.6) is 0 Å². The average Bonchev–Trinajstić information content (AvgIpc) is 2.63. The van der Waals surface area contributed by atoms with Crippen LogP contribution < -0.4 is 0 Å². The van der Waals surface area contributed by atoms with Gasteiger partial charge in [0.15, 0.2) is 0 Å². The number of rotatable bonds is 5. The maximum atomic E-state index is 12.6. The molecular weight excluding hydrogens is 344 g/mol. The van der Waals surface area contributed by atoms with Crippen LogP contribution in [0.25, 0.3) is 0 Å². The standard InChI is InChI=1S/C17H26N2O5S/c20-13-15-5-6-18(12-17(15)21)11-14-1-3-16(4-2-14)25(22,23)19-7-9-24-10-8-19/h1-4,15,17,20-21H,5-13H2/t15-,17-/m1/s1. The third-order valence-electron chi connectivity index (χ3n) is 4.98. The lowest BCUT2D eigenvalue weighted by Gasteiger charge is -2.35. The van der Waals surface area contributed by atoms with E-state index in [0.717, 1.165) is 18.5 Å². The van der Waals surface area contributed by atoms with E-state index in [9.17, 15) is 18.6 Å². The number of sulfonamides is 1. The smallest absolute Gasteiger partial charge is 0.243 e. The fourth-order valence-electron chi connectivity index (χ4n) is 3.36. The lowest BCUT2D eigenvalue weighted by molar-refractivity contribution is -0.00444. The zero-order valence-corrected chi connectivity index (χ0v) is 15.1. The topological polar surface area (TPSA) is 90.3 Å². The Balaban J connectivity index is 1.62. The highest BCUT2D eigenvalue weighted by Crippen LogP contribution is 2.21. The number of hydrogen-bond acceptors (Lipinski definition) is 6. The summed E-state index contributed by atoms with van der Waals surface area (Å²) < 4.78 is 31.9. The van der Waals surface area contributed by atoms with E-state index in [1.54, 1.807) is 12.1 Å². The lowest BCUT2D eigenvalue weighted by atomic mass is 9.94. The molecule has 2 fully saturated rings. The summed E-state index contributed by atoms with van der Waals surface area (Å²) in [6, 6.07) is 6.96. The molecule has 0 unspecified atom stereocenters. The molecule has 1 aromatic carbocycles. The molecule has 2 saturated heterocycles. The van der Waals surface area contributed by atoms with Crippen LogP contribution in [0.1, 0.15) is 12.0 Å². The number of morpholine rings is 1. The Morgan fingerprint density at radius 2 is 1.80 bits per heavy atom. The molecule has 0 spiro atoms. The van der Waals surface area contributed by atoms with Gasteiger partial charge in [0.1, 0.15) is 0 Å². The molecule has 8 heteroatoms. The number of likely N-dealkylation sites (tertiary alicyclic amines) is 1. The van der Waals surface area contributed by atoms with E-state index in [-0.39, 0.29) is 12.5 Å². The van der Waals surface area contributed by atoms with Gasteiger partial charge in [0, 0.05) is 38.7 Å². The fraction of sp³-hybridized carbons (Fsp3) is 0.647. The Kier molecular flexibility index (Phi) is 6.08. The minimum Gasteiger partial charge on any atom is -0.396 e. The summed E-state index contributed by atoms with van der Waals surface area (Å²) in [5, 5.41) is 19.2. The fourth-order valence-corrected chi connectivity index (χ4v) is 4.77. The van der Waals surface area contributed by atoms with E-state index in [2.05, 4.69) is 4.90 Å². The van der Waals surface area contributed by atoms with Crippen molar-refractivity contribution in [2.24, 2.45) is 5.92 Å². The number of aliphatic hydroxyl groups is 2. The number of benzene rings is 1. The van der Waals surface area contributed by atoms with E-state index in [0.29, 0.717) is 44.3 Å². The van der Waals surface area contributed by atoms with Gasteiger partial charge in [0.05, 0.1) is 24.2 Å². The monoisotopic (exact) mass is 370 g/mol. The van der Waals surface area contributed by atoms with Crippen molar-refractivity contribution in [2.75, 3.05) is 46.0 Å². The van der Waals surface area contributed by atoms with E-state index < -0.39 is 16.1 Å². The van der Waals surface area contributed by atoms with Crippen molar-refractivity contribution < 1.29 is 23.4 Å². The molecule has 2 aliphatic heterocycles. The van der Waals surface area contributed by atoms with Gasteiger partial charge in [-0.3, -0.25) is 4.90 Å². The summed E-state index contributed by atoms with van der Waals surface area (Å²) in [7, 11) is -3.46. The number of nitrogens with zero attached hydrogens (tertiary/aromatic N) is 2. The Morgan fingerprint density at radius 3 is 2.40 bits per heavy atom. The summed E-state index contributed by atoms with van der Waals surface area (Å²) in [5.74, 6) is -0.0442. The van der Waals surface area contributed by atoms with Gasteiger partial charge < -0.3 is 14.9 Å². The first-order chi connectivity index (χ1) is 12.0. The van der Waals surface area contributed by atoms with Gasteiger partial charge in [0.25, 0.3) is 0 Å². The van der Waals surface area contributed by atoms with Crippen LogP contribution in [0, 0.1) is 5.92 Å². The van der Waals surface area contributed by atoms with Crippen LogP contribution in [-0.2, 0) is 21.3 Å². The van der Waals surface area contributed by atoms with Gasteiger partial charge >= 0.3 is 0 Å². The van der Waals surface area contributed by atoms with Crippen molar-refractivity contribution in [1.29, 1.82) is 0 Å². The van der Waals surface area contributed by atoms with E-state index in [1.807, 2.05) is 12.1 Å². The van der Waals surface area contributed by atoms with Crippen molar-refractivity contribution in [3.05, 3.63) is 29.8 Å². The van der Waals surface area contributed by atoms with Crippen LogP contribution in [-0.4, -0.2) is 79.9 Å². The van der Waals surface area contributed by atoms with Crippen LogP contribution >= 0.6 is 0 Å². The van der Waals surface area contributed by atoms with E-state index >= 15 is 0 Å². The van der Waals surface area contributed by atoms with Gasteiger partial charge in [-0.05, 0) is 30.7 Å². The molecule has 0 bridgehead atoms. The summed E-state index contributed by atoms with van der Waals surface area (Å²) in [6.07, 6.45) is 0.251. The first kappa shape index (κ1) is 18.8. The maximum Gasteiger partial charge on any atom is 0.243 e. The SMILES string of the molecule is O=S(=O)(c1ccc(CN2CC[C@H](CO)[C@H](O)C2)cc1)N1CCOCC1. The Labute approximate surface area is 148 Å². The van der Waals surface area contributed by atoms with Crippen molar-refractivity contribution >= 4 is 10.0 Å². The van der Waals surface area contributed by atoms with E-state index in [4.69, 9.17) is 4.74 Å². The summed E-state index contributed by atoms with van der Waals surface area (Å²) in [5.41, 5.74) is 1.01. The molecule has 0 saturated carbocycles. The molecule has 1 aromatic rings. The molecule has 3 rings (SSSR count). The van der Waals surface area contributed by atoms with Crippen molar-refractivity contribution in [3.63, 3.8) is 0 Å². The maximum absolute atomic E-state index is 12.6. The van der Waals surface area contributed by atoms with Gasteiger partial charge in [-0.15, -0.1) is 0 Å². The number of ether oxygens (including phenoxy) is 1. The molecular formula is C17H26N2O5S. The first-order valence-electron chi connectivity index (χ1n) is 8.69. The largest absolute Gasteiger partial charge is 0.396 e. The number of piperidine rings is 1. The van der Waals surface area contributed by atoms with Crippen molar-refractivity contribution in [1.82, 2.24) is 9.21 Å². The molecule has 2 aliphatic rings. The van der Waals surface area contributed by atoms with Gasteiger partial charge in [-0.25, -0.2) is 8.42 Å². The van der Waals surface area contributed by atoms with Gasteiger partial charge in [-0.1, -0.05) is 12.1 Å². The normalized spacial score (nSPS) is 26.6. The molecule has 0 amide bonds. The quantitative estimate of drug-likeness (QED) is 0.751. The number of aliphatic hydroxyl groups excluding tert-OH is 2. The molecule has 140 valence electrons.